The number of hydrogen-bond acceptors (Lipinski definition) is 2. The molecule has 3 nitrogen and oxygen atoms in total. The smallest absolute Gasteiger partial charge is 0.265 e. The molecule has 0 aliphatic heterocycles. The molecule has 0 unspecified atom stereocenters. The minimum Gasteiger partial charge on any atom is -0.287 e. The van der Waals surface area contributed by atoms with E-state index in [-0.39, 0.29) is 11.4 Å². The van der Waals surface area contributed by atoms with Crippen molar-refractivity contribution in [3.63, 3.8) is 0 Å². The van der Waals surface area contributed by atoms with Gasteiger partial charge in [-0.2, -0.15) is 0 Å². The summed E-state index contributed by atoms with van der Waals surface area (Å²) >= 11 is 5.85. The second kappa shape index (κ2) is 8.35. The normalized spacial score (nSPS) is 18.0. The maximum Gasteiger partial charge on any atom is 0.265 e. The van der Waals surface area contributed by atoms with Crippen LogP contribution in [-0.4, -0.2) is 11.4 Å². The van der Waals surface area contributed by atoms with Gasteiger partial charge in [-0.3, -0.25) is 10.2 Å². The van der Waals surface area contributed by atoms with E-state index in [4.69, 9.17) is 11.6 Å². The van der Waals surface area contributed by atoms with E-state index in [2.05, 4.69) is 17.4 Å². The number of halogens is 1. The number of carbonyl (C=O) groups excluding carboxylic acids is 1. The highest BCUT2D eigenvalue weighted by Gasteiger charge is 2.29. The van der Waals surface area contributed by atoms with Gasteiger partial charge in [-0.05, 0) is 43.5 Å². The molecule has 1 aromatic rings. The third-order valence-electron chi connectivity index (χ3n) is 4.39. The van der Waals surface area contributed by atoms with Gasteiger partial charge in [0.15, 0.2) is 0 Å². The first kappa shape index (κ1) is 17.0. The Balaban J connectivity index is 1.99. The molecule has 22 heavy (non-hydrogen) atoms. The summed E-state index contributed by atoms with van der Waals surface area (Å²) in [6.45, 7) is 3.88. The number of amides is 1. The molecular formula is C18H25ClN2O. The van der Waals surface area contributed by atoms with Crippen LogP contribution in [0.4, 0.5) is 0 Å². The van der Waals surface area contributed by atoms with Crippen molar-refractivity contribution >= 4 is 17.5 Å². The van der Waals surface area contributed by atoms with Crippen LogP contribution in [0.5, 0.6) is 0 Å². The summed E-state index contributed by atoms with van der Waals surface area (Å²) in [6.07, 6.45) is 11.2. The third-order valence-corrected chi connectivity index (χ3v) is 4.65. The molecule has 0 heterocycles. The standard InChI is InChI=1S/C18H25ClN2O/c1-2-12-18(13-6-4-3-5-7-14-18)21-20-17(22)15-8-10-16(19)11-9-15/h2,8-11,21H,1,3-7,12-14H2,(H,20,22). The van der Waals surface area contributed by atoms with E-state index in [9.17, 15) is 4.79 Å². The Bertz CT molecular complexity index is 490. The fraction of sp³-hybridized carbons (Fsp3) is 0.500. The molecule has 1 saturated carbocycles. The Kier molecular flexibility index (Phi) is 6.47. The molecule has 0 aromatic heterocycles. The fourth-order valence-electron chi connectivity index (χ4n) is 3.10. The van der Waals surface area contributed by atoms with E-state index in [1.807, 2.05) is 6.08 Å². The molecule has 1 fully saturated rings. The van der Waals surface area contributed by atoms with Crippen LogP contribution in [0.1, 0.15) is 61.7 Å². The summed E-state index contributed by atoms with van der Waals surface area (Å²) in [7, 11) is 0. The van der Waals surface area contributed by atoms with E-state index in [1.165, 1.54) is 32.1 Å². The lowest BCUT2D eigenvalue weighted by Crippen LogP contribution is -2.54. The molecule has 1 aliphatic rings. The lowest BCUT2D eigenvalue weighted by Gasteiger charge is -2.36. The largest absolute Gasteiger partial charge is 0.287 e. The zero-order valence-electron chi connectivity index (χ0n) is 13.0. The lowest BCUT2D eigenvalue weighted by atomic mass is 9.82. The summed E-state index contributed by atoms with van der Waals surface area (Å²) in [6, 6.07) is 6.92. The van der Waals surface area contributed by atoms with Crippen molar-refractivity contribution in [2.75, 3.05) is 0 Å². The van der Waals surface area contributed by atoms with E-state index in [1.54, 1.807) is 24.3 Å². The first-order valence-electron chi connectivity index (χ1n) is 8.09. The van der Waals surface area contributed by atoms with E-state index in [0.717, 1.165) is 19.3 Å². The van der Waals surface area contributed by atoms with E-state index < -0.39 is 0 Å². The Morgan fingerprint density at radius 2 is 1.73 bits per heavy atom. The average molecular weight is 321 g/mol. The van der Waals surface area contributed by atoms with Gasteiger partial charge >= 0.3 is 0 Å². The molecule has 4 heteroatoms. The highest BCUT2D eigenvalue weighted by atomic mass is 35.5. The van der Waals surface area contributed by atoms with Crippen molar-refractivity contribution in [2.45, 2.75) is 56.9 Å². The number of nitrogens with one attached hydrogen (secondary N) is 2. The second-order valence-corrected chi connectivity index (χ2v) is 6.56. The maximum absolute atomic E-state index is 12.3. The zero-order valence-corrected chi connectivity index (χ0v) is 13.8. The van der Waals surface area contributed by atoms with Gasteiger partial charge in [0.1, 0.15) is 0 Å². The van der Waals surface area contributed by atoms with Crippen molar-refractivity contribution in [1.29, 1.82) is 0 Å². The molecule has 1 aromatic carbocycles. The van der Waals surface area contributed by atoms with Gasteiger partial charge in [-0.15, -0.1) is 6.58 Å². The van der Waals surface area contributed by atoms with E-state index >= 15 is 0 Å². The molecule has 2 rings (SSSR count). The molecule has 0 bridgehead atoms. The Morgan fingerprint density at radius 3 is 2.32 bits per heavy atom. The van der Waals surface area contributed by atoms with Crippen LogP contribution in [0, 0.1) is 0 Å². The highest BCUT2D eigenvalue weighted by Crippen LogP contribution is 2.29. The summed E-state index contributed by atoms with van der Waals surface area (Å²) in [5.41, 5.74) is 6.74. The Hall–Kier alpha value is -1.32. The van der Waals surface area contributed by atoms with Crippen LogP contribution in [0.15, 0.2) is 36.9 Å². The molecule has 0 radical (unpaired) electrons. The predicted octanol–water partition coefficient (Wildman–Crippen LogP) is 4.63. The molecule has 2 N–H and O–H groups in total. The molecular weight excluding hydrogens is 296 g/mol. The summed E-state index contributed by atoms with van der Waals surface area (Å²) in [5, 5.41) is 0.632. The number of carbonyl (C=O) groups is 1. The van der Waals surface area contributed by atoms with Gasteiger partial charge in [0.2, 0.25) is 0 Å². The summed E-state index contributed by atoms with van der Waals surface area (Å²) in [5.74, 6) is -0.123. The van der Waals surface area contributed by atoms with E-state index in [0.29, 0.717) is 10.6 Å². The lowest BCUT2D eigenvalue weighted by molar-refractivity contribution is 0.0890. The second-order valence-electron chi connectivity index (χ2n) is 6.13. The Labute approximate surface area is 138 Å². The number of hydrazine groups is 1. The molecule has 0 saturated heterocycles. The summed E-state index contributed by atoms with van der Waals surface area (Å²) < 4.78 is 0. The minimum atomic E-state index is -0.123. The van der Waals surface area contributed by atoms with Crippen molar-refractivity contribution in [2.24, 2.45) is 0 Å². The van der Waals surface area contributed by atoms with Crippen molar-refractivity contribution < 1.29 is 4.79 Å². The minimum absolute atomic E-state index is 0.0652. The van der Waals surface area contributed by atoms with Crippen LogP contribution < -0.4 is 10.9 Å². The van der Waals surface area contributed by atoms with Crippen LogP contribution in [-0.2, 0) is 0 Å². The molecule has 0 spiro atoms. The summed E-state index contributed by atoms with van der Waals surface area (Å²) in [4.78, 5) is 12.3. The van der Waals surface area contributed by atoms with Gasteiger partial charge in [0, 0.05) is 16.1 Å². The quantitative estimate of drug-likeness (QED) is 0.613. The maximum atomic E-state index is 12.3. The van der Waals surface area contributed by atoms with Gasteiger partial charge in [0.25, 0.3) is 5.91 Å². The molecule has 120 valence electrons. The Morgan fingerprint density at radius 1 is 1.14 bits per heavy atom. The molecule has 1 amide bonds. The third kappa shape index (κ3) is 4.85. The number of benzene rings is 1. The number of rotatable bonds is 5. The zero-order chi connectivity index (χ0) is 15.8. The molecule has 0 atom stereocenters. The highest BCUT2D eigenvalue weighted by molar-refractivity contribution is 6.30. The first-order valence-corrected chi connectivity index (χ1v) is 8.47. The predicted molar refractivity (Wildman–Crippen MR) is 91.9 cm³/mol. The fourth-order valence-corrected chi connectivity index (χ4v) is 3.23. The number of hydrogen-bond donors (Lipinski definition) is 2. The van der Waals surface area contributed by atoms with Crippen molar-refractivity contribution in [1.82, 2.24) is 10.9 Å². The van der Waals surface area contributed by atoms with Gasteiger partial charge in [-0.25, -0.2) is 5.43 Å². The van der Waals surface area contributed by atoms with Crippen molar-refractivity contribution in [3.05, 3.63) is 47.5 Å². The van der Waals surface area contributed by atoms with Crippen LogP contribution >= 0.6 is 11.6 Å². The first-order chi connectivity index (χ1) is 10.7. The molecule has 1 aliphatic carbocycles. The van der Waals surface area contributed by atoms with Gasteiger partial charge in [0.05, 0.1) is 0 Å². The SMILES string of the molecule is C=CCC1(NNC(=O)c2ccc(Cl)cc2)CCCCCCC1. The van der Waals surface area contributed by atoms with Crippen LogP contribution in [0.2, 0.25) is 5.02 Å². The van der Waals surface area contributed by atoms with Crippen molar-refractivity contribution in [3.8, 4) is 0 Å². The monoisotopic (exact) mass is 320 g/mol. The van der Waals surface area contributed by atoms with Gasteiger partial charge in [-0.1, -0.05) is 49.8 Å². The topological polar surface area (TPSA) is 41.1 Å². The average Bonchev–Trinajstić information content (AvgIpc) is 2.49. The van der Waals surface area contributed by atoms with Crippen LogP contribution in [0.25, 0.3) is 0 Å². The van der Waals surface area contributed by atoms with Gasteiger partial charge < -0.3 is 0 Å². The van der Waals surface area contributed by atoms with Crippen LogP contribution in [0.3, 0.4) is 0 Å².